The summed E-state index contributed by atoms with van der Waals surface area (Å²) < 4.78 is 9.64. The van der Waals surface area contributed by atoms with Gasteiger partial charge in [0.25, 0.3) is 0 Å². The lowest BCUT2D eigenvalue weighted by Gasteiger charge is -2.13. The van der Waals surface area contributed by atoms with Crippen LogP contribution >= 0.6 is 0 Å². The Morgan fingerprint density at radius 2 is 2.06 bits per heavy atom. The molecule has 1 rings (SSSR count). The number of nitrogens with zero attached hydrogens (tertiary/aromatic N) is 1. The van der Waals surface area contributed by atoms with Crippen molar-refractivity contribution in [3.05, 3.63) is 33.4 Å². The van der Waals surface area contributed by atoms with Gasteiger partial charge in [-0.15, -0.1) is 0 Å². The van der Waals surface area contributed by atoms with Gasteiger partial charge in [0, 0.05) is 18.7 Å². The van der Waals surface area contributed by atoms with Gasteiger partial charge in [0.15, 0.2) is 12.0 Å². The van der Waals surface area contributed by atoms with Crippen molar-refractivity contribution in [2.45, 2.75) is 13.2 Å². The first-order chi connectivity index (χ1) is 7.51. The molecule has 0 heterocycles. The van der Waals surface area contributed by atoms with E-state index in [9.17, 15) is 15.2 Å². The highest BCUT2D eigenvalue weighted by atomic mass is 16.6. The minimum atomic E-state index is -1.12. The van der Waals surface area contributed by atoms with E-state index in [-0.39, 0.29) is 11.4 Å². The van der Waals surface area contributed by atoms with Gasteiger partial charge in [-0.25, -0.2) is 0 Å². The molecular weight excluding hydrogens is 214 g/mol. The Hall–Kier alpha value is -1.66. The van der Waals surface area contributed by atoms with Gasteiger partial charge < -0.3 is 14.6 Å². The van der Waals surface area contributed by atoms with Crippen molar-refractivity contribution >= 4 is 5.69 Å². The molecule has 0 aromatic heterocycles. The highest BCUT2D eigenvalue weighted by molar-refractivity contribution is 5.52. The van der Waals surface area contributed by atoms with Crippen LogP contribution in [0.5, 0.6) is 5.75 Å². The molecule has 0 aliphatic carbocycles. The van der Waals surface area contributed by atoms with E-state index in [2.05, 4.69) is 0 Å². The largest absolute Gasteiger partial charge is 0.490 e. The van der Waals surface area contributed by atoms with Gasteiger partial charge >= 0.3 is 5.69 Å². The summed E-state index contributed by atoms with van der Waals surface area (Å²) in [4.78, 5) is 10.2. The lowest BCUT2D eigenvalue weighted by molar-refractivity contribution is -0.385. The van der Waals surface area contributed by atoms with Gasteiger partial charge in [0.1, 0.15) is 0 Å². The number of aliphatic hydroxyl groups is 1. The van der Waals surface area contributed by atoms with Crippen LogP contribution in [0.1, 0.15) is 17.4 Å². The summed E-state index contributed by atoms with van der Waals surface area (Å²) in [5.41, 5.74) is 0.888. The summed E-state index contributed by atoms with van der Waals surface area (Å²) >= 11 is 0. The quantitative estimate of drug-likeness (QED) is 0.479. The predicted octanol–water partition coefficient (Wildman–Crippen LogP) is 1.55. The number of nitro groups is 1. The number of nitro benzene ring substituents is 1. The highest BCUT2D eigenvalue weighted by Crippen LogP contribution is 2.32. The number of methoxy groups -OCH3 is 2. The fraction of sp³-hybridized carbons (Fsp3) is 0.400. The van der Waals surface area contributed by atoms with Crippen LogP contribution < -0.4 is 4.74 Å². The monoisotopic (exact) mass is 227 g/mol. The van der Waals surface area contributed by atoms with Gasteiger partial charge in [0.2, 0.25) is 0 Å². The van der Waals surface area contributed by atoms with Crippen LogP contribution in [0.2, 0.25) is 0 Å². The molecule has 88 valence electrons. The fourth-order valence-corrected chi connectivity index (χ4v) is 1.39. The van der Waals surface area contributed by atoms with Crippen molar-refractivity contribution in [3.8, 4) is 5.75 Å². The molecule has 6 heteroatoms. The van der Waals surface area contributed by atoms with Gasteiger partial charge in [-0.3, -0.25) is 10.1 Å². The molecule has 1 aromatic rings. The smallest absolute Gasteiger partial charge is 0.311 e. The summed E-state index contributed by atoms with van der Waals surface area (Å²) in [5, 5.41) is 20.2. The van der Waals surface area contributed by atoms with Crippen LogP contribution in [0.25, 0.3) is 0 Å². The Labute approximate surface area is 92.6 Å². The van der Waals surface area contributed by atoms with Crippen LogP contribution in [-0.4, -0.2) is 24.2 Å². The second-order valence-corrected chi connectivity index (χ2v) is 3.23. The topological polar surface area (TPSA) is 81.8 Å². The van der Waals surface area contributed by atoms with Crippen molar-refractivity contribution < 1.29 is 19.5 Å². The van der Waals surface area contributed by atoms with Crippen LogP contribution in [0.3, 0.4) is 0 Å². The molecule has 0 aliphatic rings. The number of hydrogen-bond donors (Lipinski definition) is 1. The van der Waals surface area contributed by atoms with E-state index in [1.807, 2.05) is 0 Å². The number of benzene rings is 1. The minimum absolute atomic E-state index is 0.0988. The Kier molecular flexibility index (Phi) is 3.81. The molecule has 0 bridgehead atoms. The van der Waals surface area contributed by atoms with Gasteiger partial charge in [-0.1, -0.05) is 0 Å². The molecule has 1 atom stereocenters. The molecule has 0 radical (unpaired) electrons. The summed E-state index contributed by atoms with van der Waals surface area (Å²) in [7, 11) is 2.68. The zero-order valence-electron chi connectivity index (χ0n) is 9.26. The third-order valence-electron chi connectivity index (χ3n) is 2.25. The van der Waals surface area contributed by atoms with E-state index < -0.39 is 11.2 Å². The predicted molar refractivity (Wildman–Crippen MR) is 56.4 cm³/mol. The number of aliphatic hydroxyl groups excluding tert-OH is 1. The maximum atomic E-state index is 10.7. The van der Waals surface area contributed by atoms with Crippen LogP contribution in [0.4, 0.5) is 5.69 Å². The van der Waals surface area contributed by atoms with E-state index in [0.717, 1.165) is 0 Å². The Balaban J connectivity index is 3.31. The fourth-order valence-electron chi connectivity index (χ4n) is 1.39. The third kappa shape index (κ3) is 2.29. The summed E-state index contributed by atoms with van der Waals surface area (Å²) in [6.07, 6.45) is -1.12. The molecule has 0 spiro atoms. The Morgan fingerprint density at radius 1 is 1.44 bits per heavy atom. The third-order valence-corrected chi connectivity index (χ3v) is 2.25. The molecule has 1 unspecified atom stereocenters. The van der Waals surface area contributed by atoms with E-state index >= 15 is 0 Å². The van der Waals surface area contributed by atoms with Crippen LogP contribution in [-0.2, 0) is 4.74 Å². The SMILES string of the molecule is COc1cc(C(O)OC)c(C)cc1[N+](=O)[O-]. The maximum absolute atomic E-state index is 10.7. The maximum Gasteiger partial charge on any atom is 0.311 e. The normalized spacial score (nSPS) is 12.2. The Morgan fingerprint density at radius 3 is 2.50 bits per heavy atom. The summed E-state index contributed by atoms with van der Waals surface area (Å²) in [6.45, 7) is 1.66. The van der Waals surface area contributed by atoms with E-state index in [1.54, 1.807) is 6.92 Å². The second-order valence-electron chi connectivity index (χ2n) is 3.23. The first-order valence-electron chi connectivity index (χ1n) is 4.55. The molecule has 16 heavy (non-hydrogen) atoms. The highest BCUT2D eigenvalue weighted by Gasteiger charge is 2.20. The summed E-state index contributed by atoms with van der Waals surface area (Å²) in [6, 6.07) is 2.75. The first kappa shape index (κ1) is 12.4. The van der Waals surface area contributed by atoms with Crippen molar-refractivity contribution in [2.75, 3.05) is 14.2 Å². The summed E-state index contributed by atoms with van der Waals surface area (Å²) in [5.74, 6) is 0.0988. The van der Waals surface area contributed by atoms with Crippen molar-refractivity contribution in [1.29, 1.82) is 0 Å². The number of hydrogen-bond acceptors (Lipinski definition) is 5. The second kappa shape index (κ2) is 4.91. The first-order valence-corrected chi connectivity index (χ1v) is 4.55. The standard InChI is InChI=1S/C10H13NO5/c1-6-4-8(11(13)14)9(15-2)5-7(6)10(12)16-3/h4-5,10,12H,1-3H3. The van der Waals surface area contributed by atoms with Crippen molar-refractivity contribution in [3.63, 3.8) is 0 Å². The molecular formula is C10H13NO5. The Bertz CT molecular complexity index is 404. The molecule has 0 aliphatic heterocycles. The average Bonchev–Trinajstić information content (AvgIpc) is 2.27. The lowest BCUT2D eigenvalue weighted by atomic mass is 10.1. The minimum Gasteiger partial charge on any atom is -0.490 e. The lowest BCUT2D eigenvalue weighted by Crippen LogP contribution is -2.04. The molecule has 0 amide bonds. The zero-order valence-corrected chi connectivity index (χ0v) is 9.26. The molecule has 6 nitrogen and oxygen atoms in total. The van der Waals surface area contributed by atoms with Gasteiger partial charge in [0.05, 0.1) is 12.0 Å². The van der Waals surface area contributed by atoms with E-state index in [0.29, 0.717) is 11.1 Å². The molecule has 0 saturated carbocycles. The van der Waals surface area contributed by atoms with Crippen molar-refractivity contribution in [1.82, 2.24) is 0 Å². The molecule has 1 aromatic carbocycles. The number of rotatable bonds is 4. The van der Waals surface area contributed by atoms with Crippen LogP contribution in [0, 0.1) is 17.0 Å². The van der Waals surface area contributed by atoms with Gasteiger partial charge in [-0.05, 0) is 18.6 Å². The van der Waals surface area contributed by atoms with E-state index in [1.165, 1.54) is 26.4 Å². The number of aryl methyl sites for hydroxylation is 1. The molecule has 0 fully saturated rings. The molecule has 0 saturated heterocycles. The average molecular weight is 227 g/mol. The van der Waals surface area contributed by atoms with E-state index in [4.69, 9.17) is 9.47 Å². The zero-order chi connectivity index (χ0) is 12.3. The number of ether oxygens (including phenoxy) is 2. The van der Waals surface area contributed by atoms with Gasteiger partial charge in [-0.2, -0.15) is 0 Å². The van der Waals surface area contributed by atoms with Crippen molar-refractivity contribution in [2.24, 2.45) is 0 Å². The van der Waals surface area contributed by atoms with Crippen LogP contribution in [0.15, 0.2) is 12.1 Å². The molecule has 1 N–H and O–H groups in total.